The summed E-state index contributed by atoms with van der Waals surface area (Å²) in [6, 6.07) is 16.3. The molecule has 3 atom stereocenters. The van der Waals surface area contributed by atoms with Crippen LogP contribution in [0.1, 0.15) is 66.2 Å². The summed E-state index contributed by atoms with van der Waals surface area (Å²) in [5.74, 6) is 0.740. The molecule has 1 saturated heterocycles. The third-order valence-corrected chi connectivity index (χ3v) is 6.20. The van der Waals surface area contributed by atoms with Gasteiger partial charge in [-0.1, -0.05) is 61.9 Å². The number of piperidine rings is 1. The van der Waals surface area contributed by atoms with E-state index in [-0.39, 0.29) is 17.5 Å². The molecule has 0 aliphatic carbocycles. The summed E-state index contributed by atoms with van der Waals surface area (Å²) in [7, 11) is 0. The van der Waals surface area contributed by atoms with Crippen LogP contribution in [0.5, 0.6) is 0 Å². The highest BCUT2D eigenvalue weighted by molar-refractivity contribution is 5.97. The Morgan fingerprint density at radius 2 is 1.81 bits per heavy atom. The third-order valence-electron chi connectivity index (χ3n) is 6.20. The number of carbonyl (C=O) groups excluding carboxylic acids is 1. The molecule has 1 fully saturated rings. The van der Waals surface area contributed by atoms with E-state index in [1.807, 2.05) is 38.1 Å². The number of nitrogens with one attached hydrogen (secondary N) is 2. The Labute approximate surface area is 163 Å². The number of hydrogen-bond donors (Lipinski definition) is 2. The van der Waals surface area contributed by atoms with E-state index in [4.69, 9.17) is 0 Å². The van der Waals surface area contributed by atoms with Gasteiger partial charge in [0, 0.05) is 11.1 Å². The van der Waals surface area contributed by atoms with E-state index in [9.17, 15) is 4.79 Å². The Bertz CT molecular complexity index is 756. The Hall–Kier alpha value is -2.13. The van der Waals surface area contributed by atoms with Gasteiger partial charge >= 0.3 is 0 Å². The monoisotopic (exact) mass is 364 g/mol. The van der Waals surface area contributed by atoms with Crippen molar-refractivity contribution in [3.8, 4) is 0 Å². The van der Waals surface area contributed by atoms with Crippen molar-refractivity contribution in [2.45, 2.75) is 58.5 Å². The molecule has 3 unspecified atom stereocenters. The first kappa shape index (κ1) is 19.6. The summed E-state index contributed by atoms with van der Waals surface area (Å²) in [6.45, 7) is 9.53. The molecule has 0 radical (unpaired) electrons. The maximum atomic E-state index is 13.2. The molecular weight excluding hydrogens is 332 g/mol. The maximum Gasteiger partial charge on any atom is 0.252 e. The number of hydrogen-bond acceptors (Lipinski definition) is 2. The molecule has 0 bridgehead atoms. The van der Waals surface area contributed by atoms with Crippen LogP contribution in [0.15, 0.2) is 48.5 Å². The van der Waals surface area contributed by atoms with Gasteiger partial charge in [-0.25, -0.2) is 0 Å². The minimum atomic E-state index is -0.153. The van der Waals surface area contributed by atoms with Crippen molar-refractivity contribution in [3.63, 3.8) is 0 Å². The SMILES string of the molecule is CCC1CCC(C)(C(NC(=O)c2c(C)cccc2C)c2ccccc2)NC1. The second-order valence-corrected chi connectivity index (χ2v) is 8.20. The van der Waals surface area contributed by atoms with Gasteiger partial charge in [-0.15, -0.1) is 0 Å². The molecule has 0 aromatic heterocycles. The zero-order valence-electron chi connectivity index (χ0n) is 17.0. The van der Waals surface area contributed by atoms with E-state index in [0.717, 1.165) is 41.1 Å². The summed E-state index contributed by atoms with van der Waals surface area (Å²) in [6.07, 6.45) is 3.45. The van der Waals surface area contributed by atoms with Crippen molar-refractivity contribution in [2.75, 3.05) is 6.54 Å². The quantitative estimate of drug-likeness (QED) is 0.789. The van der Waals surface area contributed by atoms with Gasteiger partial charge in [-0.3, -0.25) is 4.79 Å². The first-order chi connectivity index (χ1) is 12.9. The largest absolute Gasteiger partial charge is 0.343 e. The summed E-state index contributed by atoms with van der Waals surface area (Å²) < 4.78 is 0. The molecule has 0 saturated carbocycles. The van der Waals surface area contributed by atoms with Crippen LogP contribution < -0.4 is 10.6 Å². The van der Waals surface area contributed by atoms with Gasteiger partial charge in [-0.2, -0.15) is 0 Å². The van der Waals surface area contributed by atoms with Crippen molar-refractivity contribution in [2.24, 2.45) is 5.92 Å². The second-order valence-electron chi connectivity index (χ2n) is 8.20. The van der Waals surface area contributed by atoms with Crippen LogP contribution in [0.25, 0.3) is 0 Å². The van der Waals surface area contributed by atoms with Crippen molar-refractivity contribution in [3.05, 3.63) is 70.8 Å². The van der Waals surface area contributed by atoms with Crippen molar-refractivity contribution in [1.82, 2.24) is 10.6 Å². The maximum absolute atomic E-state index is 13.2. The lowest BCUT2D eigenvalue weighted by molar-refractivity contribution is 0.0877. The number of rotatable bonds is 5. The van der Waals surface area contributed by atoms with Crippen molar-refractivity contribution >= 4 is 5.91 Å². The zero-order chi connectivity index (χ0) is 19.4. The zero-order valence-corrected chi connectivity index (χ0v) is 17.0. The predicted molar refractivity (Wildman–Crippen MR) is 112 cm³/mol. The highest BCUT2D eigenvalue weighted by atomic mass is 16.1. The number of aryl methyl sites for hydroxylation is 2. The lowest BCUT2D eigenvalue weighted by Gasteiger charge is -2.44. The van der Waals surface area contributed by atoms with E-state index in [1.165, 1.54) is 12.8 Å². The van der Waals surface area contributed by atoms with Gasteiger partial charge in [-0.05, 0) is 62.8 Å². The highest BCUT2D eigenvalue weighted by Crippen LogP contribution is 2.35. The van der Waals surface area contributed by atoms with Crippen LogP contribution in [0.2, 0.25) is 0 Å². The molecule has 2 aromatic rings. The average Bonchev–Trinajstić information content (AvgIpc) is 2.67. The number of carbonyl (C=O) groups is 1. The summed E-state index contributed by atoms with van der Waals surface area (Å²) >= 11 is 0. The van der Waals surface area contributed by atoms with E-state index < -0.39 is 0 Å². The Kier molecular flexibility index (Phi) is 6.01. The molecule has 3 rings (SSSR count). The minimum absolute atomic E-state index is 0.0140. The van der Waals surface area contributed by atoms with Crippen molar-refractivity contribution in [1.29, 1.82) is 0 Å². The minimum Gasteiger partial charge on any atom is -0.343 e. The normalized spacial score (nSPS) is 23.6. The molecule has 2 N–H and O–H groups in total. The molecule has 1 aliphatic heterocycles. The molecule has 27 heavy (non-hydrogen) atoms. The lowest BCUT2D eigenvalue weighted by Crippen LogP contribution is -2.57. The van der Waals surface area contributed by atoms with Crippen LogP contribution in [-0.2, 0) is 0 Å². The smallest absolute Gasteiger partial charge is 0.252 e. The van der Waals surface area contributed by atoms with Crippen LogP contribution in [0, 0.1) is 19.8 Å². The molecule has 3 heteroatoms. The molecule has 1 heterocycles. The van der Waals surface area contributed by atoms with Gasteiger partial charge in [0.2, 0.25) is 0 Å². The lowest BCUT2D eigenvalue weighted by atomic mass is 9.77. The summed E-state index contributed by atoms with van der Waals surface area (Å²) in [5.41, 5.74) is 3.84. The average molecular weight is 365 g/mol. The standard InChI is InChI=1S/C24H32N2O/c1-5-19-14-15-24(4,25-16-19)22(20-12-7-6-8-13-20)26-23(27)21-17(2)10-9-11-18(21)3/h6-13,19,22,25H,5,14-16H2,1-4H3,(H,26,27). The Balaban J connectivity index is 1.91. The van der Waals surface area contributed by atoms with Gasteiger partial charge in [0.25, 0.3) is 5.91 Å². The number of amides is 1. The predicted octanol–water partition coefficient (Wildman–Crippen LogP) is 4.94. The third kappa shape index (κ3) is 4.24. The fraction of sp³-hybridized carbons (Fsp3) is 0.458. The molecule has 0 spiro atoms. The highest BCUT2D eigenvalue weighted by Gasteiger charge is 2.39. The Morgan fingerprint density at radius 3 is 2.37 bits per heavy atom. The fourth-order valence-electron chi connectivity index (χ4n) is 4.30. The van der Waals surface area contributed by atoms with Gasteiger partial charge in [0.1, 0.15) is 0 Å². The van der Waals surface area contributed by atoms with Gasteiger partial charge in [0.05, 0.1) is 6.04 Å². The van der Waals surface area contributed by atoms with E-state index in [2.05, 4.69) is 48.7 Å². The Morgan fingerprint density at radius 1 is 1.15 bits per heavy atom. The van der Waals surface area contributed by atoms with Crippen LogP contribution >= 0.6 is 0 Å². The van der Waals surface area contributed by atoms with Crippen LogP contribution in [0.4, 0.5) is 0 Å². The molecule has 144 valence electrons. The van der Waals surface area contributed by atoms with E-state index in [0.29, 0.717) is 0 Å². The van der Waals surface area contributed by atoms with Crippen LogP contribution in [-0.4, -0.2) is 18.0 Å². The van der Waals surface area contributed by atoms with E-state index in [1.54, 1.807) is 0 Å². The second kappa shape index (κ2) is 8.26. The molecule has 3 nitrogen and oxygen atoms in total. The van der Waals surface area contributed by atoms with Crippen molar-refractivity contribution < 1.29 is 4.79 Å². The topological polar surface area (TPSA) is 41.1 Å². The summed E-state index contributed by atoms with van der Waals surface area (Å²) in [4.78, 5) is 13.2. The molecule has 1 amide bonds. The molecular formula is C24H32N2O. The molecule has 2 aromatic carbocycles. The first-order valence-corrected chi connectivity index (χ1v) is 10.1. The molecule has 1 aliphatic rings. The number of benzene rings is 2. The van der Waals surface area contributed by atoms with E-state index >= 15 is 0 Å². The first-order valence-electron chi connectivity index (χ1n) is 10.1. The van der Waals surface area contributed by atoms with Gasteiger partial charge in [0.15, 0.2) is 0 Å². The summed E-state index contributed by atoms with van der Waals surface area (Å²) in [5, 5.41) is 7.14. The van der Waals surface area contributed by atoms with Crippen LogP contribution in [0.3, 0.4) is 0 Å². The fourth-order valence-corrected chi connectivity index (χ4v) is 4.30. The van der Waals surface area contributed by atoms with Gasteiger partial charge < -0.3 is 10.6 Å².